The van der Waals surface area contributed by atoms with Crippen LogP contribution in [0.1, 0.15) is 11.1 Å². The standard InChI is InChI=1S/C15H16BrFN2/c1-19(9-11-2-4-13(16)5-3-11)10-12-8-14(17)6-7-15(12)18/h2-8H,9-10,18H2,1H3. The van der Waals surface area contributed by atoms with Gasteiger partial charge in [0.2, 0.25) is 0 Å². The van der Waals surface area contributed by atoms with Gasteiger partial charge in [0, 0.05) is 23.2 Å². The third-order valence-corrected chi connectivity index (χ3v) is 3.44. The van der Waals surface area contributed by atoms with Gasteiger partial charge >= 0.3 is 0 Å². The average Bonchev–Trinajstić information content (AvgIpc) is 2.37. The third-order valence-electron chi connectivity index (χ3n) is 2.91. The summed E-state index contributed by atoms with van der Waals surface area (Å²) in [5.41, 5.74) is 8.51. The maximum Gasteiger partial charge on any atom is 0.123 e. The highest BCUT2D eigenvalue weighted by molar-refractivity contribution is 9.10. The quantitative estimate of drug-likeness (QED) is 0.867. The molecule has 2 aromatic carbocycles. The Balaban J connectivity index is 2.02. The summed E-state index contributed by atoms with van der Waals surface area (Å²) >= 11 is 3.41. The fraction of sp³-hybridized carbons (Fsp3) is 0.200. The monoisotopic (exact) mass is 322 g/mol. The van der Waals surface area contributed by atoms with Crippen molar-refractivity contribution in [1.82, 2.24) is 4.90 Å². The predicted molar refractivity (Wildman–Crippen MR) is 80.1 cm³/mol. The van der Waals surface area contributed by atoms with Crippen molar-refractivity contribution < 1.29 is 4.39 Å². The van der Waals surface area contributed by atoms with Gasteiger partial charge in [0.15, 0.2) is 0 Å². The van der Waals surface area contributed by atoms with E-state index in [1.807, 2.05) is 19.2 Å². The molecule has 0 saturated heterocycles. The van der Waals surface area contributed by atoms with E-state index in [9.17, 15) is 4.39 Å². The number of hydrogen-bond donors (Lipinski definition) is 1. The van der Waals surface area contributed by atoms with Gasteiger partial charge in [0.1, 0.15) is 5.82 Å². The molecule has 0 bridgehead atoms. The molecule has 2 N–H and O–H groups in total. The van der Waals surface area contributed by atoms with Gasteiger partial charge in [-0.25, -0.2) is 4.39 Å². The molecule has 0 unspecified atom stereocenters. The van der Waals surface area contributed by atoms with Crippen molar-refractivity contribution in [3.8, 4) is 0 Å². The van der Waals surface area contributed by atoms with Crippen LogP contribution >= 0.6 is 15.9 Å². The number of nitrogens with two attached hydrogens (primary N) is 1. The first kappa shape index (κ1) is 14.0. The molecular formula is C15H16BrFN2. The summed E-state index contributed by atoms with van der Waals surface area (Å²) < 4.78 is 14.3. The largest absolute Gasteiger partial charge is 0.398 e. The van der Waals surface area contributed by atoms with Crippen LogP contribution in [-0.2, 0) is 13.1 Å². The zero-order valence-electron chi connectivity index (χ0n) is 10.7. The van der Waals surface area contributed by atoms with Crippen LogP contribution in [0.25, 0.3) is 0 Å². The number of benzene rings is 2. The highest BCUT2D eigenvalue weighted by Gasteiger charge is 2.06. The van der Waals surface area contributed by atoms with Crippen LogP contribution in [-0.4, -0.2) is 11.9 Å². The number of nitrogen functional groups attached to an aromatic ring is 1. The second-order valence-corrected chi connectivity index (χ2v) is 5.56. The number of halogens is 2. The smallest absolute Gasteiger partial charge is 0.123 e. The first-order valence-electron chi connectivity index (χ1n) is 6.01. The van der Waals surface area contributed by atoms with Crippen LogP contribution < -0.4 is 5.73 Å². The van der Waals surface area contributed by atoms with Gasteiger partial charge in [-0.3, -0.25) is 4.90 Å². The predicted octanol–water partition coefficient (Wildman–Crippen LogP) is 3.80. The Labute approximate surface area is 121 Å². The maximum absolute atomic E-state index is 13.2. The Morgan fingerprint density at radius 1 is 1.11 bits per heavy atom. The molecule has 2 nitrogen and oxygen atoms in total. The molecule has 100 valence electrons. The number of hydrogen-bond acceptors (Lipinski definition) is 2. The van der Waals surface area contributed by atoms with Crippen LogP contribution in [0.3, 0.4) is 0 Å². The first-order chi connectivity index (χ1) is 9.04. The highest BCUT2D eigenvalue weighted by Crippen LogP contribution is 2.17. The van der Waals surface area contributed by atoms with Gasteiger partial charge in [-0.1, -0.05) is 28.1 Å². The van der Waals surface area contributed by atoms with Crippen LogP contribution in [0.2, 0.25) is 0 Å². The van der Waals surface area contributed by atoms with Crippen molar-refractivity contribution in [1.29, 1.82) is 0 Å². The lowest BCUT2D eigenvalue weighted by molar-refractivity contribution is 0.319. The van der Waals surface area contributed by atoms with Gasteiger partial charge in [-0.2, -0.15) is 0 Å². The molecule has 19 heavy (non-hydrogen) atoms. The fourth-order valence-corrected chi connectivity index (χ4v) is 2.22. The average molecular weight is 323 g/mol. The van der Waals surface area contributed by atoms with E-state index >= 15 is 0 Å². The maximum atomic E-state index is 13.2. The van der Waals surface area contributed by atoms with E-state index in [4.69, 9.17) is 5.73 Å². The Hall–Kier alpha value is -1.39. The zero-order valence-corrected chi connectivity index (χ0v) is 12.3. The fourth-order valence-electron chi connectivity index (χ4n) is 1.96. The van der Waals surface area contributed by atoms with Gasteiger partial charge in [-0.15, -0.1) is 0 Å². The van der Waals surface area contributed by atoms with Gasteiger partial charge in [-0.05, 0) is 48.5 Å². The van der Waals surface area contributed by atoms with Gasteiger partial charge in [0.05, 0.1) is 0 Å². The van der Waals surface area contributed by atoms with E-state index < -0.39 is 0 Å². The van der Waals surface area contributed by atoms with Crippen LogP contribution in [0.15, 0.2) is 46.9 Å². The molecule has 0 saturated carbocycles. The lowest BCUT2D eigenvalue weighted by Crippen LogP contribution is -2.18. The number of nitrogens with zero attached hydrogens (tertiary/aromatic N) is 1. The normalized spacial score (nSPS) is 10.9. The second kappa shape index (κ2) is 6.17. The first-order valence-corrected chi connectivity index (χ1v) is 6.81. The van der Waals surface area contributed by atoms with Crippen molar-refractivity contribution >= 4 is 21.6 Å². The minimum atomic E-state index is -0.249. The lowest BCUT2D eigenvalue weighted by Gasteiger charge is -2.18. The van der Waals surface area contributed by atoms with Crippen LogP contribution in [0.4, 0.5) is 10.1 Å². The van der Waals surface area contributed by atoms with E-state index in [2.05, 4.69) is 33.0 Å². The summed E-state index contributed by atoms with van der Waals surface area (Å²) in [6.45, 7) is 1.42. The van der Waals surface area contributed by atoms with Crippen molar-refractivity contribution in [3.05, 3.63) is 63.9 Å². The molecular weight excluding hydrogens is 307 g/mol. The minimum absolute atomic E-state index is 0.249. The molecule has 0 atom stereocenters. The molecule has 0 aliphatic heterocycles. The Bertz CT molecular complexity index is 555. The molecule has 0 amide bonds. The van der Waals surface area contributed by atoms with E-state index in [-0.39, 0.29) is 5.82 Å². The SMILES string of the molecule is CN(Cc1ccc(Br)cc1)Cc1cc(F)ccc1N. The topological polar surface area (TPSA) is 29.3 Å². The van der Waals surface area contributed by atoms with E-state index in [1.54, 1.807) is 6.07 Å². The van der Waals surface area contributed by atoms with Crippen LogP contribution in [0, 0.1) is 5.82 Å². The Morgan fingerprint density at radius 2 is 1.79 bits per heavy atom. The van der Waals surface area contributed by atoms with Gasteiger partial charge in [0.25, 0.3) is 0 Å². The summed E-state index contributed by atoms with van der Waals surface area (Å²) in [7, 11) is 1.99. The lowest BCUT2D eigenvalue weighted by atomic mass is 10.1. The molecule has 0 heterocycles. The van der Waals surface area contributed by atoms with Crippen molar-refractivity contribution in [3.63, 3.8) is 0 Å². The van der Waals surface area contributed by atoms with Crippen molar-refractivity contribution in [2.45, 2.75) is 13.1 Å². The summed E-state index contributed by atoms with van der Waals surface area (Å²) in [4.78, 5) is 2.11. The summed E-state index contributed by atoms with van der Waals surface area (Å²) in [6.07, 6.45) is 0. The molecule has 4 heteroatoms. The van der Waals surface area contributed by atoms with Gasteiger partial charge < -0.3 is 5.73 Å². The zero-order chi connectivity index (χ0) is 13.8. The van der Waals surface area contributed by atoms with E-state index in [0.717, 1.165) is 16.6 Å². The second-order valence-electron chi connectivity index (χ2n) is 4.64. The molecule has 0 spiro atoms. The Morgan fingerprint density at radius 3 is 2.47 bits per heavy atom. The molecule has 0 aromatic heterocycles. The van der Waals surface area contributed by atoms with E-state index in [0.29, 0.717) is 12.2 Å². The highest BCUT2D eigenvalue weighted by atomic mass is 79.9. The van der Waals surface area contributed by atoms with Crippen molar-refractivity contribution in [2.75, 3.05) is 12.8 Å². The molecule has 0 aliphatic carbocycles. The van der Waals surface area contributed by atoms with Crippen molar-refractivity contribution in [2.24, 2.45) is 0 Å². The molecule has 0 radical (unpaired) electrons. The Kier molecular flexibility index (Phi) is 4.56. The summed E-state index contributed by atoms with van der Waals surface area (Å²) in [6, 6.07) is 12.6. The molecule has 0 fully saturated rings. The minimum Gasteiger partial charge on any atom is -0.398 e. The number of rotatable bonds is 4. The summed E-state index contributed by atoms with van der Waals surface area (Å²) in [5, 5.41) is 0. The molecule has 0 aliphatic rings. The third kappa shape index (κ3) is 4.04. The summed E-state index contributed by atoms with van der Waals surface area (Å²) in [5.74, 6) is -0.249. The molecule has 2 aromatic rings. The van der Waals surface area contributed by atoms with Crippen LogP contribution in [0.5, 0.6) is 0 Å². The van der Waals surface area contributed by atoms with E-state index in [1.165, 1.54) is 17.7 Å². The number of anilines is 1. The molecule has 2 rings (SSSR count).